The molecular formula is C32H26N2O4. The maximum Gasteiger partial charge on any atom is 0.343 e. The highest BCUT2D eigenvalue weighted by molar-refractivity contribution is 6.04. The zero-order valence-corrected chi connectivity index (χ0v) is 21.0. The van der Waals surface area contributed by atoms with Gasteiger partial charge < -0.3 is 9.47 Å². The average molecular weight is 503 g/mol. The fourth-order valence-corrected chi connectivity index (χ4v) is 4.10. The molecule has 0 radical (unpaired) electrons. The van der Waals surface area contributed by atoms with Gasteiger partial charge in [-0.1, -0.05) is 78.4 Å². The van der Waals surface area contributed by atoms with Gasteiger partial charge in [0.1, 0.15) is 11.5 Å². The highest BCUT2D eigenvalue weighted by atomic mass is 16.5. The lowest BCUT2D eigenvalue weighted by Gasteiger charge is -2.14. The van der Waals surface area contributed by atoms with Crippen LogP contribution in [0, 0.1) is 6.92 Å². The summed E-state index contributed by atoms with van der Waals surface area (Å²) in [7, 11) is 0. The lowest BCUT2D eigenvalue weighted by atomic mass is 10.0. The Balaban J connectivity index is 1.32. The van der Waals surface area contributed by atoms with Gasteiger partial charge in [0.25, 0.3) is 5.91 Å². The summed E-state index contributed by atoms with van der Waals surface area (Å²) in [6, 6.07) is 32.1. The molecule has 1 N–H and O–H groups in total. The van der Waals surface area contributed by atoms with Crippen LogP contribution in [0.25, 0.3) is 21.5 Å². The number of hydrogen-bond donors (Lipinski definition) is 1. The lowest BCUT2D eigenvalue weighted by molar-refractivity contribution is -0.127. The van der Waals surface area contributed by atoms with E-state index in [1.165, 1.54) is 6.21 Å². The van der Waals surface area contributed by atoms with Gasteiger partial charge in [-0.25, -0.2) is 10.2 Å². The smallest absolute Gasteiger partial charge is 0.343 e. The Hall–Kier alpha value is -4.97. The van der Waals surface area contributed by atoms with Crippen molar-refractivity contribution < 1.29 is 19.1 Å². The molecule has 6 heteroatoms. The molecule has 6 nitrogen and oxygen atoms in total. The van der Waals surface area contributed by atoms with Crippen LogP contribution in [-0.4, -0.2) is 24.2 Å². The quantitative estimate of drug-likeness (QED) is 0.120. The maximum atomic E-state index is 12.8. The third-order valence-electron chi connectivity index (χ3n) is 6.19. The Morgan fingerprint density at radius 2 is 1.50 bits per heavy atom. The number of amides is 1. The fourth-order valence-electron chi connectivity index (χ4n) is 4.10. The molecule has 1 unspecified atom stereocenters. The van der Waals surface area contributed by atoms with Gasteiger partial charge in [-0.2, -0.15) is 5.10 Å². The van der Waals surface area contributed by atoms with Gasteiger partial charge in [-0.05, 0) is 65.7 Å². The molecule has 0 aliphatic carbocycles. The van der Waals surface area contributed by atoms with E-state index < -0.39 is 18.0 Å². The van der Waals surface area contributed by atoms with E-state index in [4.69, 9.17) is 9.47 Å². The second-order valence-electron chi connectivity index (χ2n) is 8.96. The van der Waals surface area contributed by atoms with E-state index in [-0.39, 0.29) is 0 Å². The molecule has 0 aromatic heterocycles. The Kier molecular flexibility index (Phi) is 7.13. The molecule has 0 aliphatic rings. The van der Waals surface area contributed by atoms with E-state index in [0.717, 1.165) is 27.1 Å². The van der Waals surface area contributed by atoms with Gasteiger partial charge in [0.15, 0.2) is 6.10 Å². The summed E-state index contributed by atoms with van der Waals surface area (Å²) in [5.74, 6) is 0.0478. The van der Waals surface area contributed by atoms with Crippen LogP contribution >= 0.6 is 0 Å². The average Bonchev–Trinajstić information content (AvgIpc) is 2.94. The van der Waals surface area contributed by atoms with Crippen LogP contribution in [0.1, 0.15) is 28.4 Å². The van der Waals surface area contributed by atoms with Crippen LogP contribution in [0.2, 0.25) is 0 Å². The predicted molar refractivity (Wildman–Crippen MR) is 150 cm³/mol. The Morgan fingerprint density at radius 3 is 2.29 bits per heavy atom. The molecule has 0 bridgehead atoms. The van der Waals surface area contributed by atoms with Crippen LogP contribution in [0.3, 0.4) is 0 Å². The highest BCUT2D eigenvalue weighted by Gasteiger charge is 2.16. The van der Waals surface area contributed by atoms with Gasteiger partial charge in [0, 0.05) is 5.56 Å². The first-order chi connectivity index (χ1) is 18.5. The largest absolute Gasteiger partial charge is 0.481 e. The van der Waals surface area contributed by atoms with E-state index in [9.17, 15) is 9.59 Å². The Labute approximate surface area is 220 Å². The van der Waals surface area contributed by atoms with Crippen LogP contribution in [-0.2, 0) is 4.79 Å². The number of hydrazone groups is 1. The Bertz CT molecular complexity index is 1660. The van der Waals surface area contributed by atoms with Crippen molar-refractivity contribution in [1.82, 2.24) is 5.43 Å². The number of carbonyl (C=O) groups excluding carboxylic acids is 2. The van der Waals surface area contributed by atoms with Gasteiger partial charge in [0.2, 0.25) is 0 Å². The van der Waals surface area contributed by atoms with E-state index in [0.29, 0.717) is 22.6 Å². The van der Waals surface area contributed by atoms with Crippen molar-refractivity contribution >= 4 is 39.6 Å². The standard InChI is InChI=1S/C32H26N2O4/c1-21-11-13-25(14-12-21)32(36)38-30-18-16-24-8-5-6-10-28(24)29(30)20-33-34-31(35)22(2)37-27-17-15-23-7-3-4-9-26(23)19-27/h3-20,22H,1-2H3,(H,34,35)/b33-20+. The maximum absolute atomic E-state index is 12.8. The number of nitrogens with one attached hydrogen (secondary N) is 1. The molecule has 0 saturated carbocycles. The van der Waals surface area contributed by atoms with E-state index in [2.05, 4.69) is 10.5 Å². The number of esters is 1. The summed E-state index contributed by atoms with van der Waals surface area (Å²) in [6.45, 7) is 3.61. The molecule has 5 aromatic carbocycles. The number of benzene rings is 5. The van der Waals surface area contributed by atoms with Gasteiger partial charge in [0.05, 0.1) is 11.8 Å². The first-order valence-corrected chi connectivity index (χ1v) is 12.3. The minimum Gasteiger partial charge on any atom is -0.481 e. The van der Waals surface area contributed by atoms with Crippen molar-refractivity contribution in [2.75, 3.05) is 0 Å². The summed E-state index contributed by atoms with van der Waals surface area (Å²) in [6.07, 6.45) is 0.709. The summed E-state index contributed by atoms with van der Waals surface area (Å²) >= 11 is 0. The molecule has 1 amide bonds. The van der Waals surface area contributed by atoms with Crippen molar-refractivity contribution in [3.63, 3.8) is 0 Å². The summed E-state index contributed by atoms with van der Waals surface area (Å²) in [5, 5.41) is 8.06. The number of nitrogens with zero attached hydrogens (tertiary/aromatic N) is 1. The summed E-state index contributed by atoms with van der Waals surface area (Å²) in [4.78, 5) is 25.5. The zero-order valence-electron chi connectivity index (χ0n) is 21.0. The monoisotopic (exact) mass is 502 g/mol. The summed E-state index contributed by atoms with van der Waals surface area (Å²) < 4.78 is 11.6. The molecule has 0 heterocycles. The van der Waals surface area contributed by atoms with Gasteiger partial charge in [-0.15, -0.1) is 0 Å². The van der Waals surface area contributed by atoms with Gasteiger partial charge >= 0.3 is 5.97 Å². The van der Waals surface area contributed by atoms with Crippen LogP contribution in [0.5, 0.6) is 11.5 Å². The summed E-state index contributed by atoms with van der Waals surface area (Å²) in [5.41, 5.74) is 4.61. The SMILES string of the molecule is Cc1ccc(C(=O)Oc2ccc3ccccc3c2/C=N/NC(=O)C(C)Oc2ccc3ccccc3c2)cc1. The number of rotatable bonds is 7. The molecule has 0 spiro atoms. The fraction of sp³-hybridized carbons (Fsp3) is 0.0938. The molecule has 5 aromatic rings. The van der Waals surface area contributed by atoms with Crippen LogP contribution in [0.4, 0.5) is 0 Å². The third-order valence-corrected chi connectivity index (χ3v) is 6.19. The topological polar surface area (TPSA) is 77.0 Å². The zero-order chi connectivity index (χ0) is 26.5. The van der Waals surface area contributed by atoms with Crippen molar-refractivity contribution in [2.45, 2.75) is 20.0 Å². The van der Waals surface area contributed by atoms with Crippen molar-refractivity contribution in [3.05, 3.63) is 120 Å². The van der Waals surface area contributed by atoms with Crippen LogP contribution < -0.4 is 14.9 Å². The number of hydrogen-bond acceptors (Lipinski definition) is 5. The Morgan fingerprint density at radius 1 is 0.816 bits per heavy atom. The third kappa shape index (κ3) is 5.55. The second kappa shape index (κ2) is 11.0. The number of ether oxygens (including phenoxy) is 2. The predicted octanol–water partition coefficient (Wildman–Crippen LogP) is 6.44. The molecule has 0 saturated heterocycles. The van der Waals surface area contributed by atoms with Gasteiger partial charge in [-0.3, -0.25) is 4.79 Å². The number of aryl methyl sites for hydroxylation is 1. The van der Waals surface area contributed by atoms with E-state index in [1.54, 1.807) is 25.1 Å². The second-order valence-corrected chi connectivity index (χ2v) is 8.96. The normalized spacial score (nSPS) is 11.9. The highest BCUT2D eigenvalue weighted by Crippen LogP contribution is 2.27. The molecule has 0 aliphatic heterocycles. The molecule has 0 fully saturated rings. The van der Waals surface area contributed by atoms with Crippen molar-refractivity contribution in [3.8, 4) is 11.5 Å². The molecular weight excluding hydrogens is 476 g/mol. The number of carbonyl (C=O) groups is 2. The van der Waals surface area contributed by atoms with Crippen molar-refractivity contribution in [1.29, 1.82) is 0 Å². The molecule has 38 heavy (non-hydrogen) atoms. The molecule has 5 rings (SSSR count). The van der Waals surface area contributed by atoms with E-state index in [1.807, 2.05) is 91.9 Å². The van der Waals surface area contributed by atoms with Crippen molar-refractivity contribution in [2.24, 2.45) is 5.10 Å². The first-order valence-electron chi connectivity index (χ1n) is 12.3. The first kappa shape index (κ1) is 24.7. The minimum absolute atomic E-state index is 0.340. The minimum atomic E-state index is -0.778. The number of fused-ring (bicyclic) bond motifs is 2. The van der Waals surface area contributed by atoms with E-state index >= 15 is 0 Å². The molecule has 188 valence electrons. The van der Waals surface area contributed by atoms with Crippen LogP contribution in [0.15, 0.2) is 108 Å². The molecule has 1 atom stereocenters. The lowest BCUT2D eigenvalue weighted by Crippen LogP contribution is -2.33.